The molecule has 0 aromatic heterocycles. The number of amides is 1. The quantitative estimate of drug-likeness (QED) is 0.249. The lowest BCUT2D eigenvalue weighted by Gasteiger charge is -2.46. The van der Waals surface area contributed by atoms with Crippen LogP contribution in [0.2, 0.25) is 28.2 Å². The van der Waals surface area contributed by atoms with Gasteiger partial charge in [0, 0.05) is 22.2 Å². The molecule has 1 heterocycles. The second kappa shape index (κ2) is 13.7. The lowest BCUT2D eigenvalue weighted by atomic mass is 9.95. The number of hydrogen-bond acceptors (Lipinski definition) is 5. The summed E-state index contributed by atoms with van der Waals surface area (Å²) in [6, 6.07) is 8.86. The SMILES string of the molecule is C[C@@H](c1cc(Cl)cc(Cl)c1)N1CCC(COc2cc(F)c(C(=O)N([Si](C)(C)C(C)(C)C)S(=N)(=O)C3CC3)cc2C2CC2)CC1.S. The molecule has 2 atom stereocenters. The molecule has 1 N–H and O–H groups in total. The Bertz CT molecular complexity index is 1500. The molecule has 2 aromatic carbocycles. The third-order valence-corrected chi connectivity index (χ3v) is 19.8. The van der Waals surface area contributed by atoms with Crippen molar-refractivity contribution >= 4 is 60.8 Å². The van der Waals surface area contributed by atoms with Crippen LogP contribution in [0.3, 0.4) is 0 Å². The summed E-state index contributed by atoms with van der Waals surface area (Å²) in [6.07, 6.45) is 5.16. The zero-order valence-electron chi connectivity index (χ0n) is 27.2. The Kier molecular flexibility index (Phi) is 11.1. The standard InChI is InChI=1S/C33H46Cl2FN3O3SSi.H2S/c1-21(24-15-25(34)17-26(35)16-24)38-13-11-22(12-14-38)20-42-31-19-30(36)29(18-28(31)23-7-8-23)32(40)39(43(37,41)27-9-10-27)44(5,6)33(2,3)4;/h15-19,21-23,27,37H,7-14,20H2,1-6H3;1H2/t21-,43?;/m0./s1. The number of hydrogen-bond donors (Lipinski definition) is 1. The molecule has 1 aliphatic heterocycles. The summed E-state index contributed by atoms with van der Waals surface area (Å²) in [6.45, 7) is 14.5. The number of benzene rings is 2. The third-order valence-electron chi connectivity index (χ3n) is 10.2. The van der Waals surface area contributed by atoms with Gasteiger partial charge in [0.1, 0.15) is 21.5 Å². The van der Waals surface area contributed by atoms with E-state index < -0.39 is 29.9 Å². The van der Waals surface area contributed by atoms with E-state index in [0.717, 1.165) is 49.9 Å². The van der Waals surface area contributed by atoms with E-state index in [2.05, 4.69) is 11.8 Å². The molecule has 12 heteroatoms. The second-order valence-corrected chi connectivity index (χ2v) is 22.9. The number of carbonyl (C=O) groups excluding carboxylic acids is 1. The molecule has 250 valence electrons. The molecule has 6 nitrogen and oxygen atoms in total. The molecule has 1 saturated heterocycles. The second-order valence-electron chi connectivity index (χ2n) is 14.5. The van der Waals surface area contributed by atoms with E-state index >= 15 is 4.39 Å². The average molecular weight is 717 g/mol. The van der Waals surface area contributed by atoms with Gasteiger partial charge in [0.25, 0.3) is 5.91 Å². The summed E-state index contributed by atoms with van der Waals surface area (Å²) in [5.41, 5.74) is 1.85. The van der Waals surface area contributed by atoms with Crippen LogP contribution in [0.15, 0.2) is 30.3 Å². The number of carbonyl (C=O) groups is 1. The van der Waals surface area contributed by atoms with Crippen molar-refractivity contribution in [2.45, 2.75) is 102 Å². The van der Waals surface area contributed by atoms with E-state index in [-0.39, 0.29) is 41.3 Å². The summed E-state index contributed by atoms with van der Waals surface area (Å²) < 4.78 is 46.2. The number of halogens is 3. The van der Waals surface area contributed by atoms with E-state index in [4.69, 9.17) is 32.7 Å². The molecule has 5 rings (SSSR count). The van der Waals surface area contributed by atoms with Gasteiger partial charge < -0.3 is 4.74 Å². The normalized spacial score (nSPS) is 20.2. The molecule has 0 bridgehead atoms. The topological polar surface area (TPSA) is 73.7 Å². The number of piperidine rings is 1. The van der Waals surface area contributed by atoms with Crippen LogP contribution in [0.5, 0.6) is 5.75 Å². The van der Waals surface area contributed by atoms with Crippen LogP contribution in [-0.2, 0) is 9.92 Å². The molecule has 1 unspecified atom stereocenters. The highest BCUT2D eigenvalue weighted by atomic mass is 35.5. The van der Waals surface area contributed by atoms with Crippen molar-refractivity contribution in [3.63, 3.8) is 0 Å². The fourth-order valence-electron chi connectivity index (χ4n) is 5.98. The summed E-state index contributed by atoms with van der Waals surface area (Å²) >= 11 is 12.5. The van der Waals surface area contributed by atoms with Crippen molar-refractivity contribution in [1.29, 1.82) is 4.78 Å². The third kappa shape index (κ3) is 7.89. The minimum atomic E-state index is -3.39. The van der Waals surface area contributed by atoms with Crippen molar-refractivity contribution in [3.8, 4) is 5.75 Å². The predicted molar refractivity (Wildman–Crippen MR) is 191 cm³/mol. The molecule has 0 spiro atoms. The van der Waals surface area contributed by atoms with Crippen molar-refractivity contribution in [3.05, 3.63) is 62.9 Å². The minimum absolute atomic E-state index is 0. The Morgan fingerprint density at radius 1 is 1.07 bits per heavy atom. The van der Waals surface area contributed by atoms with Gasteiger partial charge in [-0.2, -0.15) is 13.5 Å². The maximum Gasteiger partial charge on any atom is 0.261 e. The summed E-state index contributed by atoms with van der Waals surface area (Å²) in [5.74, 6) is -0.239. The summed E-state index contributed by atoms with van der Waals surface area (Å²) in [4.78, 5) is 16.6. The van der Waals surface area contributed by atoms with E-state index in [1.807, 2.05) is 46.0 Å². The molecule has 0 radical (unpaired) electrons. The average Bonchev–Trinajstić information content (AvgIpc) is 3.83. The fourth-order valence-corrected chi connectivity index (χ4v) is 13.2. The Hall–Kier alpha value is -1.30. The molecule has 2 saturated carbocycles. The highest BCUT2D eigenvalue weighted by molar-refractivity contribution is 7.93. The Labute approximate surface area is 287 Å². The largest absolute Gasteiger partial charge is 0.493 e. The summed E-state index contributed by atoms with van der Waals surface area (Å²) in [7, 11) is -6.16. The minimum Gasteiger partial charge on any atom is -0.493 e. The van der Waals surface area contributed by atoms with Crippen LogP contribution < -0.4 is 4.74 Å². The zero-order chi connectivity index (χ0) is 32.2. The van der Waals surface area contributed by atoms with Crippen LogP contribution >= 0.6 is 36.7 Å². The van der Waals surface area contributed by atoms with Gasteiger partial charge in [0.2, 0.25) is 0 Å². The highest BCUT2D eigenvalue weighted by Gasteiger charge is 2.52. The summed E-state index contributed by atoms with van der Waals surface area (Å²) in [5, 5.41) is 0.581. The molecule has 3 aliphatic rings. The van der Waals surface area contributed by atoms with Gasteiger partial charge in [-0.3, -0.25) is 13.7 Å². The molecule has 45 heavy (non-hydrogen) atoms. The fraction of sp³-hybridized carbons (Fsp3) is 0.606. The van der Waals surface area contributed by atoms with Gasteiger partial charge in [-0.25, -0.2) is 13.4 Å². The van der Waals surface area contributed by atoms with Gasteiger partial charge in [-0.05, 0) is 111 Å². The first-order valence-corrected chi connectivity index (χ1v) is 21.1. The molecule has 2 aliphatic carbocycles. The van der Waals surface area contributed by atoms with Crippen LogP contribution in [-0.4, -0.2) is 52.2 Å². The first kappa shape index (κ1) is 36.5. The van der Waals surface area contributed by atoms with Crippen molar-refractivity contribution < 1.29 is 18.1 Å². The molecular formula is C33H48Cl2FN3O3S2Si. The molecule has 2 aromatic rings. The number of likely N-dealkylation sites (tertiary alicyclic amines) is 1. The van der Waals surface area contributed by atoms with E-state index in [1.165, 1.54) is 10.0 Å². The first-order chi connectivity index (χ1) is 20.5. The van der Waals surface area contributed by atoms with Crippen LogP contribution in [0.4, 0.5) is 4.39 Å². The predicted octanol–water partition coefficient (Wildman–Crippen LogP) is 9.55. The lowest BCUT2D eigenvalue weighted by Crippen LogP contribution is -2.60. The lowest BCUT2D eigenvalue weighted by molar-refractivity contribution is 0.0909. The Morgan fingerprint density at radius 2 is 1.64 bits per heavy atom. The van der Waals surface area contributed by atoms with Gasteiger partial charge in [0.15, 0.2) is 8.24 Å². The van der Waals surface area contributed by atoms with Crippen LogP contribution in [0.25, 0.3) is 0 Å². The van der Waals surface area contributed by atoms with E-state index in [0.29, 0.717) is 41.2 Å². The van der Waals surface area contributed by atoms with Gasteiger partial charge in [-0.15, -0.1) is 0 Å². The molecule has 3 fully saturated rings. The Balaban J connectivity index is 0.00000461. The maximum absolute atomic E-state index is 15.8. The van der Waals surface area contributed by atoms with Gasteiger partial charge >= 0.3 is 0 Å². The number of nitrogens with zero attached hydrogens (tertiary/aromatic N) is 2. The zero-order valence-corrected chi connectivity index (χ0v) is 31.5. The Morgan fingerprint density at radius 3 is 2.16 bits per heavy atom. The van der Waals surface area contributed by atoms with Gasteiger partial charge in [0.05, 0.1) is 17.4 Å². The number of rotatable bonds is 10. The van der Waals surface area contributed by atoms with E-state index in [9.17, 15) is 9.00 Å². The highest BCUT2D eigenvalue weighted by Crippen LogP contribution is 2.47. The molecule has 1 amide bonds. The van der Waals surface area contributed by atoms with Crippen LogP contribution in [0, 0.1) is 16.5 Å². The van der Waals surface area contributed by atoms with Crippen molar-refractivity contribution in [2.75, 3.05) is 19.7 Å². The number of nitrogens with one attached hydrogen (secondary N) is 1. The number of ether oxygens (including phenoxy) is 1. The first-order valence-electron chi connectivity index (χ1n) is 15.8. The monoisotopic (exact) mass is 715 g/mol. The smallest absolute Gasteiger partial charge is 0.261 e. The van der Waals surface area contributed by atoms with Crippen molar-refractivity contribution in [1.82, 2.24) is 8.87 Å². The molecular weight excluding hydrogens is 669 g/mol. The van der Waals surface area contributed by atoms with E-state index in [1.54, 1.807) is 12.1 Å². The van der Waals surface area contributed by atoms with Crippen molar-refractivity contribution in [2.24, 2.45) is 5.92 Å². The van der Waals surface area contributed by atoms with Gasteiger partial charge in [-0.1, -0.05) is 57.1 Å². The maximum atomic E-state index is 15.8. The van der Waals surface area contributed by atoms with Crippen LogP contribution in [0.1, 0.15) is 99.7 Å².